The molecule has 2 aliphatic rings. The number of hydrogen-bond donors (Lipinski definition) is 1. The summed E-state index contributed by atoms with van der Waals surface area (Å²) in [6.07, 6.45) is 4.79. The van der Waals surface area contributed by atoms with Crippen LogP contribution in [0.15, 0.2) is 33.8 Å². The summed E-state index contributed by atoms with van der Waals surface area (Å²) in [6.45, 7) is 5.83. The van der Waals surface area contributed by atoms with E-state index < -0.39 is 0 Å². The van der Waals surface area contributed by atoms with Crippen molar-refractivity contribution in [1.82, 2.24) is 19.9 Å². The van der Waals surface area contributed by atoms with E-state index in [-0.39, 0.29) is 6.01 Å². The number of nitrogens with zero attached hydrogens (tertiary/aromatic N) is 5. The maximum Gasteiger partial charge on any atom is 0.325 e. The Morgan fingerprint density at radius 2 is 2.00 bits per heavy atom. The predicted octanol–water partition coefficient (Wildman–Crippen LogP) is 5.60. The Hall–Kier alpha value is -2.20. The van der Waals surface area contributed by atoms with Crippen molar-refractivity contribution in [3.05, 3.63) is 49.9 Å². The molecule has 1 saturated heterocycles. The zero-order chi connectivity index (χ0) is 22.2. The van der Waals surface area contributed by atoms with Crippen LogP contribution in [0.2, 0.25) is 5.02 Å². The van der Waals surface area contributed by atoms with Crippen molar-refractivity contribution in [2.75, 3.05) is 43.4 Å². The van der Waals surface area contributed by atoms with Crippen molar-refractivity contribution in [3.63, 3.8) is 0 Å². The molecule has 0 atom stereocenters. The molecule has 3 heterocycles. The second-order valence-corrected chi connectivity index (χ2v) is 10.8. The number of allylic oxidation sites excluding steroid dienone is 1. The van der Waals surface area contributed by atoms with Gasteiger partial charge in [0.05, 0.1) is 15.0 Å². The zero-order valence-corrected chi connectivity index (χ0v) is 20.9. The van der Waals surface area contributed by atoms with Crippen molar-refractivity contribution in [3.8, 4) is 11.8 Å². The fraction of sp³-hybridized carbons (Fsp3) is 0.318. The number of hydrogen-bond acceptors (Lipinski definition) is 8. The normalized spacial score (nSPS) is 16.1. The van der Waals surface area contributed by atoms with Gasteiger partial charge in [-0.25, -0.2) is 4.98 Å². The highest BCUT2D eigenvalue weighted by Gasteiger charge is 2.21. The lowest BCUT2D eigenvalue weighted by atomic mass is 10.1. The summed E-state index contributed by atoms with van der Waals surface area (Å²) < 4.78 is 7.06. The van der Waals surface area contributed by atoms with Crippen LogP contribution in [-0.2, 0) is 6.42 Å². The third-order valence-electron chi connectivity index (χ3n) is 5.53. The quantitative estimate of drug-likeness (QED) is 0.458. The lowest BCUT2D eigenvalue weighted by Gasteiger charge is -2.33. The Balaban J connectivity index is 1.47. The SMILES string of the molecule is CC1=Cc2c(ccc(Oc3nc(Nc4ncc(Br)s4)cc(N4CCN(C)CC4)n3)c2Cl)C1. The summed E-state index contributed by atoms with van der Waals surface area (Å²) in [5.41, 5.74) is 3.51. The number of nitrogens with one attached hydrogen (secondary N) is 1. The van der Waals surface area contributed by atoms with Gasteiger partial charge in [0.25, 0.3) is 0 Å². The minimum atomic E-state index is 0.250. The van der Waals surface area contributed by atoms with E-state index in [0.29, 0.717) is 16.6 Å². The van der Waals surface area contributed by atoms with Crippen LogP contribution in [0.5, 0.6) is 11.8 Å². The van der Waals surface area contributed by atoms with Gasteiger partial charge < -0.3 is 19.9 Å². The molecule has 166 valence electrons. The topological polar surface area (TPSA) is 66.4 Å². The van der Waals surface area contributed by atoms with Crippen molar-refractivity contribution in [2.45, 2.75) is 13.3 Å². The summed E-state index contributed by atoms with van der Waals surface area (Å²) in [5.74, 6) is 1.99. The largest absolute Gasteiger partial charge is 0.423 e. The van der Waals surface area contributed by atoms with Crippen LogP contribution in [0.25, 0.3) is 6.08 Å². The second-order valence-electron chi connectivity index (χ2n) is 8.00. The van der Waals surface area contributed by atoms with Crippen LogP contribution < -0.4 is 15.0 Å². The molecule has 0 spiro atoms. The molecule has 5 rings (SSSR count). The molecule has 10 heteroatoms. The van der Waals surface area contributed by atoms with Gasteiger partial charge in [-0.15, -0.1) is 0 Å². The summed E-state index contributed by atoms with van der Waals surface area (Å²) in [5, 5.41) is 4.60. The van der Waals surface area contributed by atoms with Crippen LogP contribution in [-0.4, -0.2) is 53.1 Å². The zero-order valence-electron chi connectivity index (χ0n) is 17.7. The molecular weight excluding hydrogens is 512 g/mol. The number of piperazine rings is 1. The summed E-state index contributed by atoms with van der Waals surface area (Å²) >= 11 is 11.6. The standard InChI is InChI=1S/C22H22BrClN6OS/c1-13-9-14-3-4-16(20(24)15(14)10-13)31-21-26-18(27-22-25-12-17(23)32-22)11-19(28-21)30-7-5-29(2)6-8-30/h3-4,10-12H,5-9H2,1-2H3,(H,25,26,27,28). The van der Waals surface area contributed by atoms with Crippen LogP contribution in [0.1, 0.15) is 18.1 Å². The monoisotopic (exact) mass is 532 g/mol. The molecule has 3 aromatic rings. The minimum Gasteiger partial charge on any atom is -0.423 e. The average molecular weight is 534 g/mol. The lowest BCUT2D eigenvalue weighted by Crippen LogP contribution is -2.44. The van der Waals surface area contributed by atoms with E-state index in [9.17, 15) is 0 Å². The number of ether oxygens (including phenoxy) is 1. The minimum absolute atomic E-state index is 0.250. The van der Waals surface area contributed by atoms with Gasteiger partial charge in [-0.3, -0.25) is 0 Å². The third-order valence-corrected chi connectivity index (χ3v) is 7.31. The van der Waals surface area contributed by atoms with Crippen LogP contribution in [0.3, 0.4) is 0 Å². The van der Waals surface area contributed by atoms with Gasteiger partial charge in [0, 0.05) is 37.8 Å². The highest BCUT2D eigenvalue weighted by Crippen LogP contribution is 2.39. The highest BCUT2D eigenvalue weighted by molar-refractivity contribution is 9.11. The Morgan fingerprint density at radius 1 is 1.19 bits per heavy atom. The van der Waals surface area contributed by atoms with E-state index in [2.05, 4.69) is 67.1 Å². The molecule has 0 saturated carbocycles. The maximum absolute atomic E-state index is 6.68. The Kier molecular flexibility index (Phi) is 6.07. The van der Waals surface area contributed by atoms with Crippen molar-refractivity contribution < 1.29 is 4.74 Å². The molecule has 1 N–H and O–H groups in total. The van der Waals surface area contributed by atoms with E-state index in [1.807, 2.05) is 12.1 Å². The highest BCUT2D eigenvalue weighted by atomic mass is 79.9. The first-order valence-corrected chi connectivity index (χ1v) is 12.3. The molecular formula is C22H22BrClN6OS. The number of likely N-dealkylation sites (N-methyl/N-ethyl adjacent to an activating group) is 1. The molecule has 0 radical (unpaired) electrons. The average Bonchev–Trinajstić information content (AvgIpc) is 3.35. The van der Waals surface area contributed by atoms with E-state index in [1.165, 1.54) is 22.5 Å². The number of aromatic nitrogens is 3. The van der Waals surface area contributed by atoms with Crippen LogP contribution in [0.4, 0.5) is 16.8 Å². The third kappa shape index (κ3) is 4.61. The Bertz CT molecular complexity index is 1190. The predicted molar refractivity (Wildman–Crippen MR) is 134 cm³/mol. The summed E-state index contributed by atoms with van der Waals surface area (Å²) in [4.78, 5) is 18.2. The van der Waals surface area contributed by atoms with Gasteiger partial charge >= 0.3 is 6.01 Å². The molecule has 1 aromatic carbocycles. The van der Waals surface area contributed by atoms with Crippen molar-refractivity contribution >= 4 is 61.7 Å². The van der Waals surface area contributed by atoms with Crippen LogP contribution in [0, 0.1) is 0 Å². The summed E-state index contributed by atoms with van der Waals surface area (Å²) in [7, 11) is 2.13. The van der Waals surface area contributed by atoms with Gasteiger partial charge in [-0.2, -0.15) is 9.97 Å². The first-order chi connectivity index (χ1) is 15.4. The Morgan fingerprint density at radius 3 is 2.75 bits per heavy atom. The number of rotatable bonds is 5. The molecule has 2 aromatic heterocycles. The fourth-order valence-corrected chi connectivity index (χ4v) is 5.23. The van der Waals surface area contributed by atoms with Gasteiger partial charge in [-0.05, 0) is 48.0 Å². The lowest BCUT2D eigenvalue weighted by molar-refractivity contribution is 0.311. The van der Waals surface area contributed by atoms with Gasteiger partial charge in [0.1, 0.15) is 17.4 Å². The van der Waals surface area contributed by atoms with Gasteiger partial charge in [-0.1, -0.05) is 40.7 Å². The van der Waals surface area contributed by atoms with Crippen LogP contribution >= 0.6 is 38.9 Å². The summed E-state index contributed by atoms with van der Waals surface area (Å²) in [6, 6.07) is 6.13. The molecule has 1 aliphatic carbocycles. The molecule has 7 nitrogen and oxygen atoms in total. The number of benzene rings is 1. The molecule has 1 aliphatic heterocycles. The van der Waals surface area contributed by atoms with E-state index in [4.69, 9.17) is 21.3 Å². The Labute approximate surface area is 204 Å². The molecule has 0 unspecified atom stereocenters. The van der Waals surface area contributed by atoms with E-state index >= 15 is 0 Å². The van der Waals surface area contributed by atoms with Crippen molar-refractivity contribution in [2.24, 2.45) is 0 Å². The van der Waals surface area contributed by atoms with Gasteiger partial charge in [0.15, 0.2) is 5.13 Å². The van der Waals surface area contributed by atoms with E-state index in [1.54, 1.807) is 6.20 Å². The molecule has 0 bridgehead atoms. The number of halogens is 2. The number of anilines is 3. The maximum atomic E-state index is 6.68. The van der Waals surface area contributed by atoms with E-state index in [0.717, 1.165) is 52.9 Å². The smallest absolute Gasteiger partial charge is 0.325 e. The first kappa shape index (κ1) is 21.6. The molecule has 1 fully saturated rings. The number of fused-ring (bicyclic) bond motifs is 1. The fourth-order valence-electron chi connectivity index (χ4n) is 3.84. The number of thiazole rings is 1. The molecule has 32 heavy (non-hydrogen) atoms. The second kappa shape index (κ2) is 8.97. The van der Waals surface area contributed by atoms with Gasteiger partial charge in [0.2, 0.25) is 0 Å². The molecule has 0 amide bonds. The van der Waals surface area contributed by atoms with Crippen molar-refractivity contribution in [1.29, 1.82) is 0 Å². The first-order valence-electron chi connectivity index (χ1n) is 10.3.